The number of thioether (sulfide) groups is 1. The predicted octanol–water partition coefficient (Wildman–Crippen LogP) is 4.59. The lowest BCUT2D eigenvalue weighted by atomic mass is 10.0. The molecule has 0 aliphatic carbocycles. The molecular formula is C18H11ClN2OS. The average molecular weight is 339 g/mol. The molecule has 0 fully saturated rings. The van der Waals surface area contributed by atoms with Crippen molar-refractivity contribution < 1.29 is 4.79 Å². The molecule has 112 valence electrons. The van der Waals surface area contributed by atoms with Crippen molar-refractivity contribution in [1.82, 2.24) is 5.32 Å². The van der Waals surface area contributed by atoms with Crippen LogP contribution in [0.25, 0.3) is 5.70 Å². The molecule has 3 nitrogen and oxygen atoms in total. The lowest BCUT2D eigenvalue weighted by molar-refractivity contribution is 0.103. The van der Waals surface area contributed by atoms with Crippen molar-refractivity contribution in [2.24, 2.45) is 0 Å². The third-order valence-corrected chi connectivity index (χ3v) is 4.54. The van der Waals surface area contributed by atoms with Crippen LogP contribution in [0.5, 0.6) is 0 Å². The zero-order chi connectivity index (χ0) is 16.2. The first-order valence-corrected chi connectivity index (χ1v) is 8.09. The molecule has 2 aromatic carbocycles. The molecule has 1 aliphatic rings. The van der Waals surface area contributed by atoms with E-state index in [2.05, 4.69) is 5.32 Å². The second kappa shape index (κ2) is 6.74. The molecule has 1 aliphatic heterocycles. The van der Waals surface area contributed by atoms with E-state index in [-0.39, 0.29) is 11.4 Å². The van der Waals surface area contributed by atoms with Crippen LogP contribution in [0.4, 0.5) is 0 Å². The van der Waals surface area contributed by atoms with Crippen molar-refractivity contribution in [1.29, 1.82) is 5.26 Å². The van der Waals surface area contributed by atoms with Crippen molar-refractivity contribution in [3.8, 4) is 6.07 Å². The summed E-state index contributed by atoms with van der Waals surface area (Å²) in [5, 5.41) is 15.3. The number of hydrogen-bond donors (Lipinski definition) is 1. The number of hydrogen-bond acceptors (Lipinski definition) is 4. The van der Waals surface area contributed by atoms with E-state index in [0.717, 1.165) is 11.3 Å². The van der Waals surface area contributed by atoms with Crippen LogP contribution in [0.15, 0.2) is 70.6 Å². The van der Waals surface area contributed by atoms with E-state index in [1.165, 1.54) is 11.8 Å². The zero-order valence-corrected chi connectivity index (χ0v) is 13.5. The third kappa shape index (κ3) is 3.16. The fraction of sp³-hybridized carbons (Fsp3) is 0. The summed E-state index contributed by atoms with van der Waals surface area (Å²) in [4.78, 5) is 12.6. The van der Waals surface area contributed by atoms with Gasteiger partial charge in [0.05, 0.1) is 15.7 Å². The summed E-state index contributed by atoms with van der Waals surface area (Å²) >= 11 is 7.39. The molecule has 23 heavy (non-hydrogen) atoms. The highest BCUT2D eigenvalue weighted by atomic mass is 35.5. The van der Waals surface area contributed by atoms with Gasteiger partial charge in [-0.1, -0.05) is 65.8 Å². The van der Waals surface area contributed by atoms with E-state index in [1.54, 1.807) is 24.3 Å². The lowest BCUT2D eigenvalue weighted by Crippen LogP contribution is -2.12. The number of nitrogens with zero attached hydrogens (tertiary/aromatic N) is 1. The number of halogens is 1. The van der Waals surface area contributed by atoms with E-state index in [4.69, 9.17) is 11.6 Å². The van der Waals surface area contributed by atoms with Gasteiger partial charge in [-0.25, -0.2) is 0 Å². The van der Waals surface area contributed by atoms with Gasteiger partial charge in [0, 0.05) is 11.0 Å². The predicted molar refractivity (Wildman–Crippen MR) is 93.6 cm³/mol. The molecule has 0 aromatic heterocycles. The van der Waals surface area contributed by atoms with Crippen molar-refractivity contribution in [2.45, 2.75) is 0 Å². The summed E-state index contributed by atoms with van der Waals surface area (Å²) in [7, 11) is 0. The molecule has 1 heterocycles. The molecule has 2 aromatic rings. The summed E-state index contributed by atoms with van der Waals surface area (Å²) in [5.41, 5.74) is 2.25. The van der Waals surface area contributed by atoms with Gasteiger partial charge in [-0.3, -0.25) is 4.79 Å². The van der Waals surface area contributed by atoms with Gasteiger partial charge in [-0.2, -0.15) is 5.26 Å². The number of Topliss-reactive ketones (excluding diaryl/α,β-unsaturated/α-hetero) is 1. The molecule has 0 atom stereocenters. The van der Waals surface area contributed by atoms with Gasteiger partial charge in [0.15, 0.2) is 0 Å². The van der Waals surface area contributed by atoms with Crippen LogP contribution < -0.4 is 5.32 Å². The second-order valence-corrected chi connectivity index (χ2v) is 6.05. The van der Waals surface area contributed by atoms with E-state index in [0.29, 0.717) is 15.6 Å². The lowest BCUT2D eigenvalue weighted by Gasteiger charge is -2.08. The number of rotatable bonds is 3. The van der Waals surface area contributed by atoms with Gasteiger partial charge in [-0.05, 0) is 17.7 Å². The first-order chi connectivity index (χ1) is 11.2. The minimum atomic E-state index is -0.379. The molecule has 3 rings (SSSR count). The minimum Gasteiger partial charge on any atom is -0.348 e. The van der Waals surface area contributed by atoms with Crippen LogP contribution in [0, 0.1) is 11.3 Å². The van der Waals surface area contributed by atoms with Crippen molar-refractivity contribution in [3.63, 3.8) is 0 Å². The Kier molecular flexibility index (Phi) is 4.52. The van der Waals surface area contributed by atoms with Crippen LogP contribution in [0.3, 0.4) is 0 Å². The quantitative estimate of drug-likeness (QED) is 0.505. The Morgan fingerprint density at radius 1 is 1.09 bits per heavy atom. The van der Waals surface area contributed by atoms with E-state index < -0.39 is 0 Å². The first kappa shape index (κ1) is 15.4. The molecule has 0 unspecified atom stereocenters. The maximum Gasteiger partial charge on any atom is 0.207 e. The van der Waals surface area contributed by atoms with Crippen LogP contribution >= 0.6 is 23.4 Å². The highest BCUT2D eigenvalue weighted by Gasteiger charge is 2.23. The monoisotopic (exact) mass is 338 g/mol. The summed E-state index contributed by atoms with van der Waals surface area (Å²) in [6, 6.07) is 18.5. The Hall–Kier alpha value is -2.48. The summed E-state index contributed by atoms with van der Waals surface area (Å²) in [6.07, 6.45) is 0. The Balaban J connectivity index is 1.91. The number of carbonyl (C=O) groups excluding carboxylic acids is 1. The number of allylic oxidation sites excluding steroid dienone is 1. The maximum absolute atomic E-state index is 12.6. The van der Waals surface area contributed by atoms with Gasteiger partial charge in [0.25, 0.3) is 0 Å². The van der Waals surface area contributed by atoms with Crippen molar-refractivity contribution >= 4 is 34.8 Å². The highest BCUT2D eigenvalue weighted by Crippen LogP contribution is 2.33. The topological polar surface area (TPSA) is 52.9 Å². The maximum atomic E-state index is 12.6. The van der Waals surface area contributed by atoms with Crippen molar-refractivity contribution in [3.05, 3.63) is 86.8 Å². The molecule has 0 saturated heterocycles. The first-order valence-electron chi connectivity index (χ1n) is 6.83. The van der Waals surface area contributed by atoms with Crippen LogP contribution in [0.1, 0.15) is 15.9 Å². The van der Waals surface area contributed by atoms with E-state index >= 15 is 0 Å². The SMILES string of the molecule is N#CC(C(=O)c1ccccc1Cl)=C1NC(c2ccccc2)=CS1. The Morgan fingerprint density at radius 3 is 2.48 bits per heavy atom. The van der Waals surface area contributed by atoms with Gasteiger partial charge in [0.2, 0.25) is 5.78 Å². The highest BCUT2D eigenvalue weighted by molar-refractivity contribution is 8.06. The zero-order valence-electron chi connectivity index (χ0n) is 11.9. The van der Waals surface area contributed by atoms with Crippen LogP contribution in [0.2, 0.25) is 5.02 Å². The smallest absolute Gasteiger partial charge is 0.207 e. The van der Waals surface area contributed by atoms with E-state index in [9.17, 15) is 10.1 Å². The van der Waals surface area contributed by atoms with Crippen LogP contribution in [-0.4, -0.2) is 5.78 Å². The molecule has 0 spiro atoms. The summed E-state index contributed by atoms with van der Waals surface area (Å²) in [6.45, 7) is 0. The third-order valence-electron chi connectivity index (χ3n) is 3.31. The molecular weight excluding hydrogens is 328 g/mol. The number of nitriles is 1. The standard InChI is InChI=1S/C18H11ClN2OS/c19-15-9-5-4-8-13(15)17(22)14(10-20)18-21-16(11-23-18)12-6-2-1-3-7-12/h1-9,11,21H. The van der Waals surface area contributed by atoms with E-state index in [1.807, 2.05) is 41.8 Å². The second-order valence-electron chi connectivity index (χ2n) is 4.77. The molecule has 5 heteroatoms. The van der Waals surface area contributed by atoms with Crippen LogP contribution in [-0.2, 0) is 0 Å². The van der Waals surface area contributed by atoms with Crippen molar-refractivity contribution in [2.75, 3.05) is 0 Å². The molecule has 0 amide bonds. The fourth-order valence-corrected chi connectivity index (χ4v) is 3.24. The van der Waals surface area contributed by atoms with Gasteiger partial charge in [-0.15, -0.1) is 0 Å². The number of ketones is 1. The van der Waals surface area contributed by atoms with Gasteiger partial charge in [0.1, 0.15) is 11.6 Å². The Bertz CT molecular complexity index is 866. The minimum absolute atomic E-state index is 0.0604. The molecule has 0 radical (unpaired) electrons. The fourth-order valence-electron chi connectivity index (χ4n) is 2.16. The largest absolute Gasteiger partial charge is 0.348 e. The normalized spacial score (nSPS) is 15.4. The summed E-state index contributed by atoms with van der Waals surface area (Å²) < 4.78 is 0. The number of carbonyl (C=O) groups is 1. The number of nitrogens with one attached hydrogen (secondary N) is 1. The van der Waals surface area contributed by atoms with Gasteiger partial charge < -0.3 is 5.32 Å². The molecule has 1 N–H and O–H groups in total. The molecule has 0 saturated carbocycles. The van der Waals surface area contributed by atoms with Gasteiger partial charge >= 0.3 is 0 Å². The number of benzene rings is 2. The Morgan fingerprint density at radius 2 is 1.78 bits per heavy atom. The molecule has 0 bridgehead atoms. The Labute approximate surface area is 143 Å². The summed E-state index contributed by atoms with van der Waals surface area (Å²) in [5.74, 6) is -0.379. The average Bonchev–Trinajstić information content (AvgIpc) is 3.06.